The number of thiophene rings is 1. The van der Waals surface area contributed by atoms with Gasteiger partial charge in [-0.1, -0.05) is 12.1 Å². The molecule has 0 N–H and O–H groups in total. The van der Waals surface area contributed by atoms with Crippen LogP contribution in [0, 0.1) is 0 Å². The second kappa shape index (κ2) is 7.59. The van der Waals surface area contributed by atoms with E-state index in [1.54, 1.807) is 35.8 Å². The van der Waals surface area contributed by atoms with E-state index < -0.39 is 0 Å². The normalized spacial score (nSPS) is 12.5. The van der Waals surface area contributed by atoms with E-state index >= 15 is 0 Å². The second-order valence-corrected chi connectivity index (χ2v) is 6.83. The van der Waals surface area contributed by atoms with Crippen LogP contribution in [0.4, 0.5) is 0 Å². The van der Waals surface area contributed by atoms with Crippen LogP contribution in [-0.4, -0.2) is 33.8 Å². The van der Waals surface area contributed by atoms with E-state index in [1.165, 1.54) is 10.4 Å². The van der Waals surface area contributed by atoms with E-state index in [9.17, 15) is 0 Å². The molecule has 2 heterocycles. The van der Waals surface area contributed by atoms with Crippen molar-refractivity contribution in [1.29, 1.82) is 0 Å². The predicted molar refractivity (Wildman–Crippen MR) is 96.3 cm³/mol. The summed E-state index contributed by atoms with van der Waals surface area (Å²) in [7, 11) is 3.86. The summed E-state index contributed by atoms with van der Waals surface area (Å²) in [6.45, 7) is 3.78. The van der Waals surface area contributed by atoms with E-state index in [0.717, 1.165) is 17.9 Å². The molecule has 24 heavy (non-hydrogen) atoms. The molecule has 0 fully saturated rings. The first-order valence-corrected chi connectivity index (χ1v) is 8.77. The zero-order valence-corrected chi connectivity index (χ0v) is 15.0. The smallest absolute Gasteiger partial charge is 0.137 e. The maximum absolute atomic E-state index is 5.49. The van der Waals surface area contributed by atoms with Crippen molar-refractivity contribution in [3.63, 3.8) is 0 Å². The average molecular weight is 342 g/mol. The standard InChI is InChI=1S/C18H22N4OS/c1-14(18-5-4-8-24-18)21(2)10-15-6-7-17(23-3)16(9-15)11-22-13-19-12-20-22/h4-9,12-14H,10-11H2,1-3H3. The van der Waals surface area contributed by atoms with Crippen molar-refractivity contribution in [3.8, 4) is 5.75 Å². The fourth-order valence-electron chi connectivity index (χ4n) is 2.71. The van der Waals surface area contributed by atoms with Crippen molar-refractivity contribution < 1.29 is 4.74 Å². The van der Waals surface area contributed by atoms with E-state index in [2.05, 4.69) is 58.6 Å². The lowest BCUT2D eigenvalue weighted by atomic mass is 10.1. The molecule has 0 bridgehead atoms. The largest absolute Gasteiger partial charge is 0.496 e. The number of hydrogen-bond acceptors (Lipinski definition) is 5. The first-order chi connectivity index (χ1) is 11.7. The summed E-state index contributed by atoms with van der Waals surface area (Å²) in [4.78, 5) is 7.74. The molecule has 0 aliphatic rings. The molecule has 1 aromatic carbocycles. The van der Waals surface area contributed by atoms with Crippen molar-refractivity contribution >= 4 is 11.3 Å². The van der Waals surface area contributed by atoms with Crippen LogP contribution in [0.2, 0.25) is 0 Å². The van der Waals surface area contributed by atoms with Crippen molar-refractivity contribution in [3.05, 3.63) is 64.4 Å². The Morgan fingerprint density at radius 1 is 1.33 bits per heavy atom. The third-order valence-corrected chi connectivity index (χ3v) is 5.23. The fourth-order valence-corrected chi connectivity index (χ4v) is 3.56. The molecule has 0 saturated carbocycles. The summed E-state index contributed by atoms with van der Waals surface area (Å²) >= 11 is 1.80. The highest BCUT2D eigenvalue weighted by atomic mass is 32.1. The zero-order chi connectivity index (χ0) is 16.9. The van der Waals surface area contributed by atoms with Crippen molar-refractivity contribution in [2.45, 2.75) is 26.1 Å². The SMILES string of the molecule is COc1ccc(CN(C)C(C)c2cccs2)cc1Cn1cncn1. The third kappa shape index (κ3) is 3.83. The molecule has 3 rings (SSSR count). The van der Waals surface area contributed by atoms with Gasteiger partial charge in [0, 0.05) is 23.0 Å². The molecule has 0 amide bonds. The van der Waals surface area contributed by atoms with Crippen LogP contribution in [0.25, 0.3) is 0 Å². The van der Waals surface area contributed by atoms with Gasteiger partial charge in [0.25, 0.3) is 0 Å². The summed E-state index contributed by atoms with van der Waals surface area (Å²) < 4.78 is 7.29. The molecule has 0 aliphatic heterocycles. The molecule has 5 nitrogen and oxygen atoms in total. The van der Waals surface area contributed by atoms with Gasteiger partial charge in [-0.25, -0.2) is 9.67 Å². The number of rotatable bonds is 7. The van der Waals surface area contributed by atoms with E-state index in [4.69, 9.17) is 4.74 Å². The van der Waals surface area contributed by atoms with E-state index in [0.29, 0.717) is 12.6 Å². The van der Waals surface area contributed by atoms with Gasteiger partial charge in [0.2, 0.25) is 0 Å². The third-order valence-electron chi connectivity index (χ3n) is 4.19. The minimum atomic E-state index is 0.394. The molecule has 3 aromatic rings. The minimum Gasteiger partial charge on any atom is -0.496 e. The van der Waals surface area contributed by atoms with Crippen LogP contribution in [0.1, 0.15) is 29.0 Å². The Hall–Kier alpha value is -2.18. The summed E-state index contributed by atoms with van der Waals surface area (Å²) in [5.74, 6) is 0.878. The van der Waals surface area contributed by atoms with Crippen LogP contribution in [0.15, 0.2) is 48.4 Å². The summed E-state index contributed by atoms with van der Waals surface area (Å²) in [5, 5.41) is 6.31. The lowest BCUT2D eigenvalue weighted by molar-refractivity contribution is 0.256. The summed E-state index contributed by atoms with van der Waals surface area (Å²) in [6, 6.07) is 11.0. The number of aromatic nitrogens is 3. The van der Waals surface area contributed by atoms with Gasteiger partial charge >= 0.3 is 0 Å². The van der Waals surface area contributed by atoms with Crippen molar-refractivity contribution in [2.24, 2.45) is 0 Å². The molecule has 0 spiro atoms. The van der Waals surface area contributed by atoms with Crippen molar-refractivity contribution in [1.82, 2.24) is 19.7 Å². The maximum Gasteiger partial charge on any atom is 0.137 e. The molecule has 126 valence electrons. The number of methoxy groups -OCH3 is 1. The average Bonchev–Trinajstić information content (AvgIpc) is 3.28. The zero-order valence-electron chi connectivity index (χ0n) is 14.2. The van der Waals surface area contributed by atoms with Gasteiger partial charge in [-0.15, -0.1) is 11.3 Å². The lowest BCUT2D eigenvalue weighted by Crippen LogP contribution is -2.21. The van der Waals surface area contributed by atoms with Gasteiger partial charge in [0.15, 0.2) is 0 Å². The molecule has 2 aromatic heterocycles. The highest BCUT2D eigenvalue weighted by Crippen LogP contribution is 2.26. The van der Waals surface area contributed by atoms with Crippen LogP contribution in [0.5, 0.6) is 5.75 Å². The van der Waals surface area contributed by atoms with Crippen LogP contribution >= 0.6 is 11.3 Å². The van der Waals surface area contributed by atoms with Crippen molar-refractivity contribution in [2.75, 3.05) is 14.2 Å². The fraction of sp³-hybridized carbons (Fsp3) is 0.333. The van der Waals surface area contributed by atoms with Crippen LogP contribution in [-0.2, 0) is 13.1 Å². The van der Waals surface area contributed by atoms with Crippen LogP contribution in [0.3, 0.4) is 0 Å². The van der Waals surface area contributed by atoms with E-state index in [1.807, 2.05) is 6.07 Å². The number of hydrogen-bond donors (Lipinski definition) is 0. The summed E-state index contributed by atoms with van der Waals surface area (Å²) in [6.07, 6.45) is 3.27. The topological polar surface area (TPSA) is 43.2 Å². The molecular formula is C18H22N4OS. The molecule has 1 unspecified atom stereocenters. The Balaban J connectivity index is 1.76. The first-order valence-electron chi connectivity index (χ1n) is 7.89. The Labute approximate surface area is 146 Å². The van der Waals surface area contributed by atoms with Crippen LogP contribution < -0.4 is 4.74 Å². The highest BCUT2D eigenvalue weighted by molar-refractivity contribution is 7.10. The molecule has 0 aliphatic carbocycles. The number of ether oxygens (including phenoxy) is 1. The van der Waals surface area contributed by atoms with Gasteiger partial charge < -0.3 is 4.74 Å². The monoisotopic (exact) mass is 342 g/mol. The van der Waals surface area contributed by atoms with Gasteiger partial charge in [0.1, 0.15) is 18.4 Å². The Kier molecular flexibility index (Phi) is 5.27. The molecule has 0 radical (unpaired) electrons. The summed E-state index contributed by atoms with van der Waals surface area (Å²) in [5.41, 5.74) is 2.37. The van der Waals surface area contributed by atoms with Gasteiger partial charge in [-0.2, -0.15) is 5.10 Å². The van der Waals surface area contributed by atoms with E-state index in [-0.39, 0.29) is 0 Å². The highest BCUT2D eigenvalue weighted by Gasteiger charge is 2.14. The molecule has 6 heteroatoms. The predicted octanol–water partition coefficient (Wildman–Crippen LogP) is 3.59. The minimum absolute atomic E-state index is 0.394. The van der Waals surface area contributed by atoms with Gasteiger partial charge in [0.05, 0.1) is 13.7 Å². The molecular weight excluding hydrogens is 320 g/mol. The maximum atomic E-state index is 5.49. The Morgan fingerprint density at radius 3 is 2.88 bits per heavy atom. The van der Waals surface area contributed by atoms with Gasteiger partial charge in [-0.05, 0) is 43.1 Å². The Morgan fingerprint density at radius 2 is 2.21 bits per heavy atom. The Bertz CT molecular complexity index is 755. The lowest BCUT2D eigenvalue weighted by Gasteiger charge is -2.24. The number of benzene rings is 1. The second-order valence-electron chi connectivity index (χ2n) is 5.85. The van der Waals surface area contributed by atoms with Gasteiger partial charge in [-0.3, -0.25) is 4.90 Å². The molecule has 1 atom stereocenters. The quantitative estimate of drug-likeness (QED) is 0.658. The molecule has 0 saturated heterocycles. The number of nitrogens with zero attached hydrogens (tertiary/aromatic N) is 4. The first kappa shape index (κ1) is 16.7.